The molecule has 2 aromatic carbocycles. The average Bonchev–Trinajstić information content (AvgIpc) is 3.50. The molecule has 1 fully saturated rings. The second kappa shape index (κ2) is 9.09. The van der Waals surface area contributed by atoms with Crippen LogP contribution in [0.2, 0.25) is 0 Å². The summed E-state index contributed by atoms with van der Waals surface area (Å²) in [7, 11) is 1.74. The summed E-state index contributed by atoms with van der Waals surface area (Å²) in [6, 6.07) is 13.5. The number of hydrogen-bond acceptors (Lipinski definition) is 3. The highest BCUT2D eigenvalue weighted by Gasteiger charge is 2.44. The lowest BCUT2D eigenvalue weighted by Gasteiger charge is -2.22. The van der Waals surface area contributed by atoms with Crippen molar-refractivity contribution in [3.63, 3.8) is 0 Å². The number of hydrogen-bond donors (Lipinski definition) is 2. The number of fused-ring (bicyclic) bond motifs is 1. The predicted octanol–water partition coefficient (Wildman–Crippen LogP) is 3.71. The molecule has 0 radical (unpaired) electrons. The molecule has 7 heteroatoms. The van der Waals surface area contributed by atoms with Crippen molar-refractivity contribution in [3.05, 3.63) is 65.0 Å². The van der Waals surface area contributed by atoms with Crippen LogP contribution in [0.3, 0.4) is 0 Å². The summed E-state index contributed by atoms with van der Waals surface area (Å²) in [6.07, 6.45) is 2.35. The van der Waals surface area contributed by atoms with Crippen LogP contribution in [0.1, 0.15) is 29.5 Å². The number of halogens is 2. The molecular formula is C21H25FIN3O2. The van der Waals surface area contributed by atoms with Gasteiger partial charge in [0, 0.05) is 36.7 Å². The summed E-state index contributed by atoms with van der Waals surface area (Å²) in [5.41, 5.74) is 3.06. The Kier molecular flexibility index (Phi) is 6.77. The monoisotopic (exact) mass is 497 g/mol. The summed E-state index contributed by atoms with van der Waals surface area (Å²) in [5.74, 6) is 1.11. The van der Waals surface area contributed by atoms with Gasteiger partial charge in [0.1, 0.15) is 11.6 Å². The van der Waals surface area contributed by atoms with Crippen LogP contribution in [-0.2, 0) is 23.3 Å². The van der Waals surface area contributed by atoms with Crippen molar-refractivity contribution in [2.75, 3.05) is 20.4 Å². The molecule has 1 heterocycles. The molecule has 0 unspecified atom stereocenters. The average molecular weight is 497 g/mol. The van der Waals surface area contributed by atoms with Gasteiger partial charge in [-0.25, -0.2) is 4.39 Å². The minimum absolute atomic E-state index is 0. The lowest BCUT2D eigenvalue weighted by Crippen LogP contribution is -2.41. The van der Waals surface area contributed by atoms with Crippen LogP contribution >= 0.6 is 24.0 Å². The lowest BCUT2D eigenvalue weighted by molar-refractivity contribution is -0.0172. The van der Waals surface area contributed by atoms with E-state index in [1.807, 2.05) is 6.07 Å². The van der Waals surface area contributed by atoms with Gasteiger partial charge in [-0.15, -0.1) is 24.0 Å². The van der Waals surface area contributed by atoms with Gasteiger partial charge in [-0.05, 0) is 30.5 Å². The van der Waals surface area contributed by atoms with Gasteiger partial charge < -0.3 is 20.1 Å². The second-order valence-electron chi connectivity index (χ2n) is 7.09. The van der Waals surface area contributed by atoms with E-state index in [1.165, 1.54) is 30.5 Å². The Morgan fingerprint density at radius 3 is 2.68 bits per heavy atom. The molecule has 2 N–H and O–H groups in total. The first-order chi connectivity index (χ1) is 13.2. The minimum Gasteiger partial charge on any atom is -0.467 e. The molecule has 0 bridgehead atoms. The molecule has 1 aliphatic heterocycles. The molecule has 0 saturated heterocycles. The van der Waals surface area contributed by atoms with Crippen molar-refractivity contribution in [1.82, 2.24) is 10.6 Å². The smallest absolute Gasteiger partial charge is 0.191 e. The summed E-state index contributed by atoms with van der Waals surface area (Å²) >= 11 is 0. The van der Waals surface area contributed by atoms with Crippen molar-refractivity contribution >= 4 is 29.9 Å². The summed E-state index contributed by atoms with van der Waals surface area (Å²) in [4.78, 5) is 4.30. The zero-order valence-corrected chi connectivity index (χ0v) is 18.2. The molecule has 0 spiro atoms. The normalized spacial score (nSPS) is 17.0. The SMILES string of the molecule is CN=C(NCc1cc(F)cc2c1OCOC2)NCC1(c2ccccc2)CC1.I. The van der Waals surface area contributed by atoms with Gasteiger partial charge in [0.05, 0.1) is 6.61 Å². The van der Waals surface area contributed by atoms with Gasteiger partial charge in [-0.2, -0.15) is 0 Å². The Morgan fingerprint density at radius 2 is 1.96 bits per heavy atom. The van der Waals surface area contributed by atoms with E-state index < -0.39 is 0 Å². The van der Waals surface area contributed by atoms with Gasteiger partial charge >= 0.3 is 0 Å². The van der Waals surface area contributed by atoms with Gasteiger partial charge in [0.15, 0.2) is 12.8 Å². The van der Waals surface area contributed by atoms with Crippen molar-refractivity contribution < 1.29 is 13.9 Å². The van der Waals surface area contributed by atoms with E-state index in [0.29, 0.717) is 24.9 Å². The van der Waals surface area contributed by atoms with Crippen molar-refractivity contribution in [1.29, 1.82) is 0 Å². The van der Waals surface area contributed by atoms with Crippen LogP contribution in [0.4, 0.5) is 4.39 Å². The number of rotatable bonds is 5. The molecule has 1 aliphatic carbocycles. The van der Waals surface area contributed by atoms with E-state index in [2.05, 4.69) is 39.9 Å². The summed E-state index contributed by atoms with van der Waals surface area (Å²) in [5, 5.41) is 6.68. The zero-order valence-electron chi connectivity index (χ0n) is 15.8. The molecule has 0 amide bonds. The first kappa shape index (κ1) is 20.9. The molecule has 28 heavy (non-hydrogen) atoms. The standard InChI is InChI=1S/C21H24FN3O2.HI/c1-23-20(25-13-21(7-8-21)17-5-3-2-4-6-17)24-11-15-9-18(22)10-16-12-26-14-27-19(15)16;/h2-6,9-10H,7-8,11-14H2,1H3,(H2,23,24,25);1H. The molecule has 0 atom stereocenters. The molecule has 0 aromatic heterocycles. The van der Waals surface area contributed by atoms with E-state index >= 15 is 0 Å². The highest BCUT2D eigenvalue weighted by atomic mass is 127. The molecule has 5 nitrogen and oxygen atoms in total. The van der Waals surface area contributed by atoms with Crippen LogP contribution in [0, 0.1) is 5.82 Å². The Balaban J connectivity index is 0.00000225. The number of guanidine groups is 1. The summed E-state index contributed by atoms with van der Waals surface area (Å²) < 4.78 is 24.7. The van der Waals surface area contributed by atoms with Crippen LogP contribution in [0.5, 0.6) is 5.75 Å². The zero-order chi connectivity index (χ0) is 18.7. The minimum atomic E-state index is -0.288. The van der Waals surface area contributed by atoms with Gasteiger partial charge in [-0.3, -0.25) is 4.99 Å². The van der Waals surface area contributed by atoms with Crippen LogP contribution in [0.15, 0.2) is 47.5 Å². The van der Waals surface area contributed by atoms with Gasteiger partial charge in [-0.1, -0.05) is 30.3 Å². The third kappa shape index (κ3) is 4.57. The third-order valence-corrected chi connectivity index (χ3v) is 5.26. The van der Waals surface area contributed by atoms with Crippen LogP contribution in [-0.4, -0.2) is 26.3 Å². The highest BCUT2D eigenvalue weighted by Crippen LogP contribution is 2.47. The highest BCUT2D eigenvalue weighted by molar-refractivity contribution is 14.0. The second-order valence-corrected chi connectivity index (χ2v) is 7.09. The van der Waals surface area contributed by atoms with Crippen molar-refractivity contribution in [2.45, 2.75) is 31.4 Å². The Morgan fingerprint density at radius 1 is 1.18 bits per heavy atom. The Bertz CT molecular complexity index is 841. The van der Waals surface area contributed by atoms with E-state index in [9.17, 15) is 4.39 Å². The maximum Gasteiger partial charge on any atom is 0.191 e. The molecule has 2 aromatic rings. The maximum atomic E-state index is 13.9. The topological polar surface area (TPSA) is 54.9 Å². The molecule has 2 aliphatic rings. The van der Waals surface area contributed by atoms with E-state index in [-0.39, 0.29) is 42.0 Å². The fourth-order valence-corrected chi connectivity index (χ4v) is 3.55. The molecular weight excluding hydrogens is 472 g/mol. The molecule has 150 valence electrons. The number of aliphatic imine (C=N–C) groups is 1. The first-order valence-electron chi connectivity index (χ1n) is 9.22. The molecule has 4 rings (SSSR count). The third-order valence-electron chi connectivity index (χ3n) is 5.26. The number of nitrogens with one attached hydrogen (secondary N) is 2. The number of benzene rings is 2. The lowest BCUT2D eigenvalue weighted by atomic mass is 9.96. The van der Waals surface area contributed by atoms with Crippen molar-refractivity contribution in [2.24, 2.45) is 4.99 Å². The number of nitrogens with zero attached hydrogens (tertiary/aromatic N) is 1. The first-order valence-corrected chi connectivity index (χ1v) is 9.22. The van der Waals surface area contributed by atoms with E-state index in [0.717, 1.165) is 17.7 Å². The van der Waals surface area contributed by atoms with Gasteiger partial charge in [0.25, 0.3) is 0 Å². The Labute approximate surface area is 181 Å². The van der Waals surface area contributed by atoms with Gasteiger partial charge in [0.2, 0.25) is 0 Å². The maximum absolute atomic E-state index is 13.9. The molecule has 1 saturated carbocycles. The number of ether oxygens (including phenoxy) is 2. The van der Waals surface area contributed by atoms with Crippen LogP contribution in [0.25, 0.3) is 0 Å². The largest absolute Gasteiger partial charge is 0.467 e. The van der Waals surface area contributed by atoms with Crippen molar-refractivity contribution in [3.8, 4) is 5.75 Å². The summed E-state index contributed by atoms with van der Waals surface area (Å²) in [6.45, 7) is 1.81. The Hall–Kier alpha value is -1.87. The van der Waals surface area contributed by atoms with E-state index in [1.54, 1.807) is 7.05 Å². The van der Waals surface area contributed by atoms with Crippen LogP contribution < -0.4 is 15.4 Å². The van der Waals surface area contributed by atoms with E-state index in [4.69, 9.17) is 9.47 Å². The predicted molar refractivity (Wildman–Crippen MR) is 118 cm³/mol. The fourth-order valence-electron chi connectivity index (χ4n) is 3.55. The quantitative estimate of drug-likeness (QED) is 0.376. The fraction of sp³-hybridized carbons (Fsp3) is 0.381.